The van der Waals surface area contributed by atoms with Gasteiger partial charge in [0.1, 0.15) is 6.61 Å². The molecule has 26 heavy (non-hydrogen) atoms. The van der Waals surface area contributed by atoms with Crippen molar-refractivity contribution in [2.24, 2.45) is 0 Å². The van der Waals surface area contributed by atoms with Gasteiger partial charge in [-0.05, 0) is 30.5 Å². The molecule has 0 saturated carbocycles. The Morgan fingerprint density at radius 1 is 1.12 bits per heavy atom. The Hall–Kier alpha value is -3.09. The van der Waals surface area contributed by atoms with E-state index in [0.717, 1.165) is 16.7 Å². The van der Waals surface area contributed by atoms with Crippen LogP contribution in [0.1, 0.15) is 16.7 Å². The third-order valence-electron chi connectivity index (χ3n) is 3.07. The Bertz CT molecular complexity index is 763. The van der Waals surface area contributed by atoms with E-state index < -0.39 is 13.3 Å². The van der Waals surface area contributed by atoms with Crippen molar-refractivity contribution in [1.29, 1.82) is 5.39 Å². The molecule has 0 saturated heterocycles. The van der Waals surface area contributed by atoms with Crippen LogP contribution in [-0.2, 0) is 11.3 Å². The Labute approximate surface area is 147 Å². The molecule has 0 aliphatic heterocycles. The molecule has 10 heteroatoms. The molecule has 0 fully saturated rings. The van der Waals surface area contributed by atoms with E-state index in [4.69, 9.17) is 10.1 Å². The van der Waals surface area contributed by atoms with Gasteiger partial charge in [-0.1, -0.05) is 30.3 Å². The number of benzene rings is 2. The van der Waals surface area contributed by atoms with Gasteiger partial charge in [-0.3, -0.25) is 5.32 Å². The molecule has 0 atom stereocenters. The summed E-state index contributed by atoms with van der Waals surface area (Å²) in [6.45, 7) is 3.87. The Morgan fingerprint density at radius 3 is 2.08 bits per heavy atom. The number of halogens is 4. The van der Waals surface area contributed by atoms with Gasteiger partial charge < -0.3 is 22.0 Å². The number of nitrogens with one attached hydrogen (secondary N) is 1. The van der Waals surface area contributed by atoms with E-state index in [2.05, 4.69) is 10.3 Å². The molecule has 138 valence electrons. The van der Waals surface area contributed by atoms with E-state index in [-0.39, 0.29) is 6.61 Å². The molecule has 0 aromatic heterocycles. The van der Waals surface area contributed by atoms with Gasteiger partial charge in [0.2, 0.25) is 5.39 Å². The first-order chi connectivity index (χ1) is 12.1. The fraction of sp³-hybridized carbons (Fsp3) is 0.188. The number of carbonyl (C=O) groups excluding carboxylic acids is 1. The number of amides is 1. The average molecular weight is 369 g/mol. The maximum Gasteiger partial charge on any atom is 0.673 e. The minimum Gasteiger partial charge on any atom is -0.444 e. The molecule has 1 amide bonds. The van der Waals surface area contributed by atoms with Crippen molar-refractivity contribution >= 4 is 24.7 Å². The molecule has 0 unspecified atom stereocenters. The lowest BCUT2D eigenvalue weighted by Gasteiger charge is -2.11. The number of carbonyl (C=O) groups is 1. The minimum atomic E-state index is -6.00. The number of aryl methyl sites for hydroxylation is 2. The van der Waals surface area contributed by atoms with Crippen LogP contribution in [0, 0.1) is 19.2 Å². The van der Waals surface area contributed by atoms with Crippen molar-refractivity contribution in [3.63, 3.8) is 0 Å². The summed E-state index contributed by atoms with van der Waals surface area (Å²) in [5.74, 6) is 0. The molecular formula is C16H16BF4N3O2. The van der Waals surface area contributed by atoms with Crippen molar-refractivity contribution < 1.29 is 26.8 Å². The van der Waals surface area contributed by atoms with Gasteiger partial charge in [0.05, 0.1) is 5.69 Å². The normalized spacial score (nSPS) is 10.2. The lowest BCUT2D eigenvalue weighted by atomic mass is 10.1. The fourth-order valence-corrected chi connectivity index (χ4v) is 2.06. The van der Waals surface area contributed by atoms with Gasteiger partial charge in [-0.2, -0.15) is 0 Å². The van der Waals surface area contributed by atoms with Crippen LogP contribution in [0.25, 0.3) is 4.98 Å². The van der Waals surface area contributed by atoms with Crippen molar-refractivity contribution in [3.8, 4) is 0 Å². The van der Waals surface area contributed by atoms with Crippen molar-refractivity contribution in [3.05, 3.63) is 64.1 Å². The summed E-state index contributed by atoms with van der Waals surface area (Å²) in [4.78, 5) is 15.0. The average Bonchev–Trinajstić information content (AvgIpc) is 2.55. The first-order valence-electron chi connectivity index (χ1n) is 7.41. The van der Waals surface area contributed by atoms with Crippen LogP contribution in [-0.4, -0.2) is 13.3 Å². The number of anilines is 1. The predicted octanol–water partition coefficient (Wildman–Crippen LogP) is 5.84. The van der Waals surface area contributed by atoms with E-state index in [1.807, 2.05) is 44.2 Å². The zero-order valence-corrected chi connectivity index (χ0v) is 14.0. The van der Waals surface area contributed by atoms with E-state index in [0.29, 0.717) is 11.4 Å². The second kappa shape index (κ2) is 9.41. The highest BCUT2D eigenvalue weighted by Gasteiger charge is 2.20. The standard InChI is InChI=1S/C16H15N3O2.BF4/c1-11-8-14(19-17)9-12(2)15(11)18-16(20)21-10-13-6-4-3-5-7-13;2-1(3,4)5/h3-9H,10H2,1-2H3;/q;-1/p+1. The smallest absolute Gasteiger partial charge is 0.444 e. The Kier molecular flexibility index (Phi) is 7.59. The lowest BCUT2D eigenvalue weighted by Crippen LogP contribution is -2.15. The summed E-state index contributed by atoms with van der Waals surface area (Å²) >= 11 is 0. The molecule has 0 bridgehead atoms. The molecular weight excluding hydrogens is 353 g/mol. The monoisotopic (exact) mass is 369 g/mol. The number of ether oxygens (including phenoxy) is 1. The topological polar surface area (TPSA) is 66.5 Å². The number of diazo groups is 1. The van der Waals surface area contributed by atoms with Crippen molar-refractivity contribution in [2.45, 2.75) is 20.5 Å². The number of nitrogens with zero attached hydrogens (tertiary/aromatic N) is 2. The van der Waals surface area contributed by atoms with Gasteiger partial charge in [-0.25, -0.2) is 4.79 Å². The van der Waals surface area contributed by atoms with Crippen molar-refractivity contribution in [1.82, 2.24) is 0 Å². The third kappa shape index (κ3) is 8.14. The van der Waals surface area contributed by atoms with E-state index in [1.54, 1.807) is 12.1 Å². The molecule has 5 nitrogen and oxygen atoms in total. The van der Waals surface area contributed by atoms with Crippen molar-refractivity contribution in [2.75, 3.05) is 5.32 Å². The van der Waals surface area contributed by atoms with Crippen LogP contribution in [0.5, 0.6) is 0 Å². The van der Waals surface area contributed by atoms with E-state index in [1.165, 1.54) is 0 Å². The number of hydrogen-bond acceptors (Lipinski definition) is 3. The maximum atomic E-state index is 11.8. The molecule has 1 N–H and O–H groups in total. The summed E-state index contributed by atoms with van der Waals surface area (Å²) < 4.78 is 44.2. The molecule has 2 rings (SSSR count). The number of rotatable bonds is 3. The SMILES string of the molecule is Cc1cc([N+]#N)cc(C)c1NC(=O)OCc1ccccc1.F[B-](F)(F)F. The van der Waals surface area contributed by atoms with Gasteiger partial charge in [0.25, 0.3) is 0 Å². The summed E-state index contributed by atoms with van der Waals surface area (Å²) in [5, 5.41) is 11.5. The molecule has 0 aliphatic rings. The van der Waals surface area contributed by atoms with E-state index in [9.17, 15) is 22.1 Å². The number of hydrogen-bond donors (Lipinski definition) is 1. The zero-order chi connectivity index (χ0) is 19.7. The van der Waals surface area contributed by atoms with Crippen LogP contribution in [0.4, 0.5) is 33.4 Å². The molecule has 2 aromatic carbocycles. The third-order valence-corrected chi connectivity index (χ3v) is 3.07. The van der Waals surface area contributed by atoms with E-state index >= 15 is 0 Å². The lowest BCUT2D eigenvalue weighted by molar-refractivity contribution is 0.155. The van der Waals surface area contributed by atoms with Gasteiger partial charge in [0.15, 0.2) is 4.98 Å². The molecule has 0 radical (unpaired) electrons. The minimum absolute atomic E-state index is 0.217. The zero-order valence-electron chi connectivity index (χ0n) is 14.0. The summed E-state index contributed by atoms with van der Waals surface area (Å²) in [7, 11) is -6.00. The molecule has 0 heterocycles. The predicted molar refractivity (Wildman–Crippen MR) is 91.1 cm³/mol. The summed E-state index contributed by atoms with van der Waals surface area (Å²) in [5.41, 5.74) is 3.66. The van der Waals surface area contributed by atoms with Gasteiger partial charge in [0, 0.05) is 12.1 Å². The highest BCUT2D eigenvalue weighted by atomic mass is 19.5. The second-order valence-corrected chi connectivity index (χ2v) is 5.24. The van der Waals surface area contributed by atoms with Crippen LogP contribution < -0.4 is 5.32 Å². The highest BCUT2D eigenvalue weighted by Crippen LogP contribution is 2.26. The quantitative estimate of drug-likeness (QED) is 0.420. The van der Waals surface area contributed by atoms with Crippen LogP contribution >= 0.6 is 0 Å². The highest BCUT2D eigenvalue weighted by molar-refractivity contribution is 6.50. The Morgan fingerprint density at radius 2 is 1.62 bits per heavy atom. The van der Waals surface area contributed by atoms with Crippen LogP contribution in [0.15, 0.2) is 42.5 Å². The Balaban J connectivity index is 0.000000597. The second-order valence-electron chi connectivity index (χ2n) is 5.24. The fourth-order valence-electron chi connectivity index (χ4n) is 2.06. The van der Waals surface area contributed by atoms with Gasteiger partial charge in [-0.15, -0.1) is 0 Å². The first-order valence-corrected chi connectivity index (χ1v) is 7.41. The summed E-state index contributed by atoms with van der Waals surface area (Å²) in [6, 6.07) is 12.8. The van der Waals surface area contributed by atoms with Crippen LogP contribution in [0.3, 0.4) is 0 Å². The maximum absolute atomic E-state index is 11.8. The summed E-state index contributed by atoms with van der Waals surface area (Å²) in [6.07, 6.45) is -0.515. The molecule has 0 aliphatic carbocycles. The largest absolute Gasteiger partial charge is 0.673 e. The molecule has 0 spiro atoms. The van der Waals surface area contributed by atoms with Gasteiger partial charge >= 0.3 is 19.0 Å². The first kappa shape index (κ1) is 21.0. The molecule has 2 aromatic rings. The van der Waals surface area contributed by atoms with Crippen LogP contribution in [0.2, 0.25) is 0 Å².